The highest BCUT2D eigenvalue weighted by Gasteiger charge is 2.12. The van der Waals surface area contributed by atoms with Gasteiger partial charge < -0.3 is 9.73 Å². The van der Waals surface area contributed by atoms with Gasteiger partial charge in [-0.2, -0.15) is 0 Å². The Labute approximate surface area is 101 Å². The summed E-state index contributed by atoms with van der Waals surface area (Å²) in [4.78, 5) is 1.34. The molecule has 15 heavy (non-hydrogen) atoms. The van der Waals surface area contributed by atoms with Gasteiger partial charge in [-0.25, -0.2) is 0 Å². The first-order valence-corrected chi connectivity index (χ1v) is 6.39. The van der Waals surface area contributed by atoms with Crippen molar-refractivity contribution in [1.82, 2.24) is 5.32 Å². The number of rotatable bonds is 4. The monoisotopic (exact) mass is 285 g/mol. The number of thiophene rings is 1. The van der Waals surface area contributed by atoms with Crippen molar-refractivity contribution in [3.63, 3.8) is 0 Å². The predicted molar refractivity (Wildman–Crippen MR) is 66.2 cm³/mol. The highest BCUT2D eigenvalue weighted by molar-refractivity contribution is 9.10. The summed E-state index contributed by atoms with van der Waals surface area (Å²) in [6.45, 7) is 0. The number of halogens is 1. The predicted octanol–water partition coefficient (Wildman–Crippen LogP) is 3.61. The van der Waals surface area contributed by atoms with E-state index in [4.69, 9.17) is 4.42 Å². The Kier molecular flexibility index (Phi) is 3.61. The Morgan fingerprint density at radius 3 is 3.00 bits per heavy atom. The lowest BCUT2D eigenvalue weighted by atomic mass is 10.1. The van der Waals surface area contributed by atoms with Crippen molar-refractivity contribution in [2.24, 2.45) is 0 Å². The van der Waals surface area contributed by atoms with Gasteiger partial charge in [0.25, 0.3) is 0 Å². The summed E-state index contributed by atoms with van der Waals surface area (Å²) in [6.07, 6.45) is 4.47. The fraction of sp³-hybridized carbons (Fsp3) is 0.273. The standard InChI is InChI=1S/C11H12BrNOS/c1-13-10(4-8-2-3-14-6-8)11-5-9(12)7-15-11/h2-3,5-7,10,13H,4H2,1H3. The molecule has 2 aromatic heterocycles. The summed E-state index contributed by atoms with van der Waals surface area (Å²) in [5, 5.41) is 5.42. The van der Waals surface area contributed by atoms with Gasteiger partial charge in [0, 0.05) is 20.8 Å². The molecular formula is C11H12BrNOS. The highest BCUT2D eigenvalue weighted by atomic mass is 79.9. The maximum Gasteiger partial charge on any atom is 0.0935 e. The summed E-state index contributed by atoms with van der Waals surface area (Å²) in [6, 6.07) is 4.53. The van der Waals surface area contributed by atoms with Crippen molar-refractivity contribution in [3.8, 4) is 0 Å². The molecule has 0 saturated heterocycles. The second-order valence-electron chi connectivity index (χ2n) is 3.34. The largest absolute Gasteiger partial charge is 0.472 e. The van der Waals surface area contributed by atoms with Crippen molar-refractivity contribution in [3.05, 3.63) is 45.0 Å². The quantitative estimate of drug-likeness (QED) is 0.929. The third-order valence-corrected chi connectivity index (χ3v) is 4.11. The number of likely N-dealkylation sites (N-methyl/N-ethyl adjacent to an activating group) is 1. The van der Waals surface area contributed by atoms with Gasteiger partial charge >= 0.3 is 0 Å². The zero-order valence-electron chi connectivity index (χ0n) is 8.37. The van der Waals surface area contributed by atoms with Gasteiger partial charge in [0.1, 0.15) is 0 Å². The zero-order chi connectivity index (χ0) is 10.7. The molecule has 2 rings (SSSR count). The molecule has 1 N–H and O–H groups in total. The third kappa shape index (κ3) is 2.71. The van der Waals surface area contributed by atoms with Crippen LogP contribution < -0.4 is 5.32 Å². The molecule has 0 fully saturated rings. The first-order valence-electron chi connectivity index (χ1n) is 4.72. The number of nitrogens with one attached hydrogen (secondary N) is 1. The minimum Gasteiger partial charge on any atom is -0.472 e. The maximum atomic E-state index is 5.07. The lowest BCUT2D eigenvalue weighted by Crippen LogP contribution is -2.17. The molecule has 0 spiro atoms. The third-order valence-electron chi connectivity index (χ3n) is 2.30. The zero-order valence-corrected chi connectivity index (χ0v) is 10.8. The lowest BCUT2D eigenvalue weighted by molar-refractivity contribution is 0.553. The van der Waals surface area contributed by atoms with Crippen LogP contribution in [-0.2, 0) is 6.42 Å². The van der Waals surface area contributed by atoms with Crippen molar-refractivity contribution in [2.75, 3.05) is 7.05 Å². The lowest BCUT2D eigenvalue weighted by Gasteiger charge is -2.12. The minimum absolute atomic E-state index is 0.360. The Bertz CT molecular complexity index is 410. The van der Waals surface area contributed by atoms with Gasteiger partial charge in [-0.15, -0.1) is 11.3 Å². The van der Waals surface area contributed by atoms with Crippen LogP contribution in [0.25, 0.3) is 0 Å². The average Bonchev–Trinajstić information content (AvgIpc) is 2.85. The van der Waals surface area contributed by atoms with Crippen LogP contribution in [-0.4, -0.2) is 7.05 Å². The van der Waals surface area contributed by atoms with Gasteiger partial charge in [-0.05, 0) is 47.1 Å². The van der Waals surface area contributed by atoms with Crippen LogP contribution in [0.4, 0.5) is 0 Å². The summed E-state index contributed by atoms with van der Waals surface area (Å²) in [5.41, 5.74) is 1.22. The smallest absolute Gasteiger partial charge is 0.0935 e. The van der Waals surface area contributed by atoms with Gasteiger partial charge in [0.15, 0.2) is 0 Å². The van der Waals surface area contributed by atoms with Crippen molar-refractivity contribution in [2.45, 2.75) is 12.5 Å². The van der Waals surface area contributed by atoms with Crippen LogP contribution in [0.5, 0.6) is 0 Å². The molecule has 2 heterocycles. The van der Waals surface area contributed by atoms with E-state index in [9.17, 15) is 0 Å². The van der Waals surface area contributed by atoms with Crippen LogP contribution >= 0.6 is 27.3 Å². The van der Waals surface area contributed by atoms with Gasteiger partial charge in [0.2, 0.25) is 0 Å². The molecule has 0 amide bonds. The molecule has 0 radical (unpaired) electrons. The fourth-order valence-electron chi connectivity index (χ4n) is 1.50. The van der Waals surface area contributed by atoms with Crippen LogP contribution in [0.2, 0.25) is 0 Å². The Hall–Kier alpha value is -0.580. The molecule has 0 aliphatic heterocycles. The Morgan fingerprint density at radius 2 is 2.47 bits per heavy atom. The normalized spacial score (nSPS) is 12.9. The Balaban J connectivity index is 2.11. The van der Waals surface area contributed by atoms with Crippen molar-refractivity contribution >= 4 is 27.3 Å². The van der Waals surface area contributed by atoms with Gasteiger partial charge in [-0.3, -0.25) is 0 Å². The second kappa shape index (κ2) is 4.96. The van der Waals surface area contributed by atoms with Crippen molar-refractivity contribution < 1.29 is 4.42 Å². The molecule has 2 nitrogen and oxygen atoms in total. The molecule has 1 unspecified atom stereocenters. The number of hydrogen-bond donors (Lipinski definition) is 1. The van der Waals surface area contributed by atoms with E-state index in [1.807, 2.05) is 13.1 Å². The molecule has 0 bridgehead atoms. The van der Waals surface area contributed by atoms with E-state index in [1.165, 1.54) is 10.4 Å². The van der Waals surface area contributed by atoms with Crippen LogP contribution in [0.1, 0.15) is 16.5 Å². The Morgan fingerprint density at radius 1 is 1.60 bits per heavy atom. The summed E-state index contributed by atoms with van der Waals surface area (Å²) in [5.74, 6) is 0. The van der Waals surface area contributed by atoms with E-state index < -0.39 is 0 Å². The number of furan rings is 1. The van der Waals surface area contributed by atoms with E-state index in [1.54, 1.807) is 23.9 Å². The highest BCUT2D eigenvalue weighted by Crippen LogP contribution is 2.27. The van der Waals surface area contributed by atoms with Crippen molar-refractivity contribution in [1.29, 1.82) is 0 Å². The first kappa shape index (κ1) is 10.9. The second-order valence-corrected chi connectivity index (χ2v) is 5.20. The molecule has 1 atom stereocenters. The van der Waals surface area contributed by atoms with E-state index in [0.29, 0.717) is 6.04 Å². The summed E-state index contributed by atoms with van der Waals surface area (Å²) >= 11 is 5.24. The molecule has 2 aromatic rings. The summed E-state index contributed by atoms with van der Waals surface area (Å²) in [7, 11) is 1.98. The molecule has 80 valence electrons. The number of hydrogen-bond acceptors (Lipinski definition) is 3. The van der Waals surface area contributed by atoms with Gasteiger partial charge in [0.05, 0.1) is 12.5 Å². The SMILES string of the molecule is CNC(Cc1ccoc1)c1cc(Br)cs1. The average molecular weight is 286 g/mol. The fourth-order valence-corrected chi connectivity index (χ4v) is 3.06. The topological polar surface area (TPSA) is 25.2 Å². The van der Waals surface area contributed by atoms with Crippen LogP contribution in [0.3, 0.4) is 0 Å². The molecule has 0 aromatic carbocycles. The van der Waals surface area contributed by atoms with E-state index in [0.717, 1.165) is 10.9 Å². The van der Waals surface area contributed by atoms with E-state index in [-0.39, 0.29) is 0 Å². The van der Waals surface area contributed by atoms with E-state index >= 15 is 0 Å². The van der Waals surface area contributed by atoms with E-state index in [2.05, 4.69) is 32.7 Å². The molecule has 0 saturated carbocycles. The maximum absolute atomic E-state index is 5.07. The minimum atomic E-state index is 0.360. The molecular weight excluding hydrogens is 274 g/mol. The van der Waals surface area contributed by atoms with Gasteiger partial charge in [-0.1, -0.05) is 0 Å². The summed E-state index contributed by atoms with van der Waals surface area (Å²) < 4.78 is 6.22. The van der Waals surface area contributed by atoms with Crippen LogP contribution in [0, 0.1) is 0 Å². The molecule has 0 aliphatic carbocycles. The molecule has 0 aliphatic rings. The van der Waals surface area contributed by atoms with Crippen LogP contribution in [0.15, 0.2) is 38.9 Å². The molecule has 4 heteroatoms. The first-order chi connectivity index (χ1) is 7.29.